The van der Waals surface area contributed by atoms with Gasteiger partial charge in [-0.05, 0) is 45.4 Å². The van der Waals surface area contributed by atoms with Gasteiger partial charge in [0.15, 0.2) is 0 Å². The molecule has 0 bridgehead atoms. The monoisotopic (exact) mass is 270 g/mol. The van der Waals surface area contributed by atoms with E-state index in [1.54, 1.807) is 0 Å². The van der Waals surface area contributed by atoms with Crippen molar-refractivity contribution in [3.8, 4) is 0 Å². The van der Waals surface area contributed by atoms with Gasteiger partial charge in [-0.15, -0.1) is 0 Å². The van der Waals surface area contributed by atoms with E-state index in [0.29, 0.717) is 12.5 Å². The average Bonchev–Trinajstić information content (AvgIpc) is 2.67. The maximum absolute atomic E-state index is 12.1. The summed E-state index contributed by atoms with van der Waals surface area (Å²) in [6.07, 6.45) is 3.52. The van der Waals surface area contributed by atoms with E-state index in [4.69, 9.17) is 5.11 Å². The van der Waals surface area contributed by atoms with Gasteiger partial charge >= 0.3 is 12.0 Å². The molecule has 5 heteroatoms. The first-order valence-corrected chi connectivity index (χ1v) is 6.97. The van der Waals surface area contributed by atoms with Gasteiger partial charge in [-0.2, -0.15) is 0 Å². The lowest BCUT2D eigenvalue weighted by molar-refractivity contribution is -0.138. The largest absolute Gasteiger partial charge is 0.480 e. The molecule has 0 aromatic heterocycles. The number of carboxylic acids is 1. The lowest BCUT2D eigenvalue weighted by atomic mass is 10.1. The van der Waals surface area contributed by atoms with Crippen LogP contribution in [-0.4, -0.2) is 40.6 Å². The minimum Gasteiger partial charge on any atom is -0.480 e. The number of carboxylic acid groups (broad SMARTS) is 1. The van der Waals surface area contributed by atoms with E-state index in [1.807, 2.05) is 20.8 Å². The molecule has 1 aliphatic carbocycles. The molecule has 0 aromatic carbocycles. The first-order valence-electron chi connectivity index (χ1n) is 6.97. The van der Waals surface area contributed by atoms with Crippen LogP contribution in [0, 0.1) is 11.8 Å². The van der Waals surface area contributed by atoms with Crippen molar-refractivity contribution < 1.29 is 14.7 Å². The van der Waals surface area contributed by atoms with Gasteiger partial charge in [0, 0.05) is 12.1 Å². The van der Waals surface area contributed by atoms with Crippen molar-refractivity contribution in [1.29, 1.82) is 0 Å². The van der Waals surface area contributed by atoms with E-state index in [2.05, 4.69) is 12.2 Å². The number of aliphatic carboxylic acids is 1. The summed E-state index contributed by atoms with van der Waals surface area (Å²) in [4.78, 5) is 24.3. The maximum Gasteiger partial charge on any atom is 0.323 e. The Morgan fingerprint density at radius 3 is 2.37 bits per heavy atom. The molecule has 1 rings (SSSR count). The van der Waals surface area contributed by atoms with Crippen molar-refractivity contribution in [1.82, 2.24) is 10.2 Å². The number of rotatable bonds is 4. The number of hydrogen-bond acceptors (Lipinski definition) is 2. The molecule has 2 N–H and O–H groups in total. The fourth-order valence-corrected chi connectivity index (χ4v) is 2.59. The van der Waals surface area contributed by atoms with Gasteiger partial charge in [0.1, 0.15) is 6.54 Å². The highest BCUT2D eigenvalue weighted by Gasteiger charge is 2.29. The smallest absolute Gasteiger partial charge is 0.323 e. The Morgan fingerprint density at radius 1 is 1.32 bits per heavy atom. The highest BCUT2D eigenvalue weighted by molar-refractivity contribution is 5.80. The SMILES string of the molecule is CC1CCC(CNC(=O)N(CC(=O)O)C(C)(C)C)C1. The van der Waals surface area contributed by atoms with E-state index in [9.17, 15) is 9.59 Å². The number of amides is 2. The summed E-state index contributed by atoms with van der Waals surface area (Å²) in [5.74, 6) is 0.282. The second kappa shape index (κ2) is 6.26. The molecule has 0 aromatic rings. The van der Waals surface area contributed by atoms with Gasteiger partial charge in [-0.1, -0.05) is 13.3 Å². The predicted octanol–water partition coefficient (Wildman–Crippen LogP) is 2.32. The van der Waals surface area contributed by atoms with Gasteiger partial charge in [-0.3, -0.25) is 4.79 Å². The maximum atomic E-state index is 12.1. The molecule has 0 radical (unpaired) electrons. The molecule has 110 valence electrons. The van der Waals surface area contributed by atoms with Gasteiger partial charge in [0.2, 0.25) is 0 Å². The van der Waals surface area contributed by atoms with Crippen molar-refractivity contribution in [2.24, 2.45) is 11.8 Å². The van der Waals surface area contributed by atoms with Crippen molar-refractivity contribution in [2.45, 2.75) is 52.5 Å². The second-order valence-electron chi connectivity index (χ2n) is 6.62. The molecule has 2 unspecified atom stereocenters. The lowest BCUT2D eigenvalue weighted by Crippen LogP contribution is -2.53. The molecule has 0 aliphatic heterocycles. The predicted molar refractivity (Wildman–Crippen MR) is 74.0 cm³/mol. The molecule has 2 amide bonds. The van der Waals surface area contributed by atoms with Crippen LogP contribution in [0.15, 0.2) is 0 Å². The standard InChI is InChI=1S/C14H26N2O3/c1-10-5-6-11(7-10)8-15-13(19)16(9-12(17)18)14(2,3)4/h10-11H,5-9H2,1-4H3,(H,15,19)(H,17,18). The summed E-state index contributed by atoms with van der Waals surface area (Å²) in [6.45, 7) is 8.13. The Balaban J connectivity index is 2.50. The second-order valence-corrected chi connectivity index (χ2v) is 6.62. The number of nitrogens with zero attached hydrogens (tertiary/aromatic N) is 1. The fraction of sp³-hybridized carbons (Fsp3) is 0.857. The van der Waals surface area contributed by atoms with E-state index in [-0.39, 0.29) is 12.6 Å². The molecule has 1 fully saturated rings. The molecule has 0 spiro atoms. The molecule has 2 atom stereocenters. The molecular weight excluding hydrogens is 244 g/mol. The van der Waals surface area contributed by atoms with Crippen LogP contribution in [0.1, 0.15) is 47.0 Å². The third-order valence-corrected chi connectivity index (χ3v) is 3.69. The summed E-state index contributed by atoms with van der Waals surface area (Å²) in [6, 6.07) is -0.283. The summed E-state index contributed by atoms with van der Waals surface area (Å²) in [7, 11) is 0. The Labute approximate surface area is 115 Å². The van der Waals surface area contributed by atoms with Crippen LogP contribution in [0.5, 0.6) is 0 Å². The zero-order chi connectivity index (χ0) is 14.6. The van der Waals surface area contributed by atoms with Crippen molar-refractivity contribution >= 4 is 12.0 Å². The molecule has 0 heterocycles. The normalized spacial score (nSPS) is 23.2. The minimum atomic E-state index is -0.987. The molecule has 19 heavy (non-hydrogen) atoms. The molecular formula is C14H26N2O3. The van der Waals surface area contributed by atoms with Gasteiger partial charge in [0.05, 0.1) is 0 Å². The molecule has 1 saturated carbocycles. The Morgan fingerprint density at radius 2 is 1.95 bits per heavy atom. The summed E-state index contributed by atoms with van der Waals surface area (Å²) in [5, 5.41) is 11.8. The van der Waals surface area contributed by atoms with E-state index >= 15 is 0 Å². The molecule has 5 nitrogen and oxygen atoms in total. The number of carbonyl (C=O) groups excluding carboxylic acids is 1. The summed E-state index contributed by atoms with van der Waals surface area (Å²) < 4.78 is 0. The average molecular weight is 270 g/mol. The van der Waals surface area contributed by atoms with Crippen LogP contribution in [0.3, 0.4) is 0 Å². The summed E-state index contributed by atoms with van der Waals surface area (Å²) in [5.41, 5.74) is -0.495. The van der Waals surface area contributed by atoms with E-state index in [1.165, 1.54) is 11.3 Å². The van der Waals surface area contributed by atoms with E-state index in [0.717, 1.165) is 18.8 Å². The zero-order valence-corrected chi connectivity index (χ0v) is 12.4. The quantitative estimate of drug-likeness (QED) is 0.823. The van der Waals surface area contributed by atoms with Gasteiger partial charge in [-0.25, -0.2) is 4.79 Å². The van der Waals surface area contributed by atoms with Gasteiger partial charge in [0.25, 0.3) is 0 Å². The Kier molecular flexibility index (Phi) is 5.20. The Hall–Kier alpha value is -1.26. The Bertz CT molecular complexity index is 336. The zero-order valence-electron chi connectivity index (χ0n) is 12.4. The van der Waals surface area contributed by atoms with Crippen LogP contribution in [-0.2, 0) is 4.79 Å². The number of carbonyl (C=O) groups is 2. The van der Waals surface area contributed by atoms with Crippen LogP contribution in [0.4, 0.5) is 4.79 Å². The van der Waals surface area contributed by atoms with Gasteiger partial charge < -0.3 is 15.3 Å². The molecule has 1 aliphatic rings. The summed E-state index contributed by atoms with van der Waals surface area (Å²) >= 11 is 0. The third-order valence-electron chi connectivity index (χ3n) is 3.69. The fourth-order valence-electron chi connectivity index (χ4n) is 2.59. The number of hydrogen-bond donors (Lipinski definition) is 2. The number of urea groups is 1. The van der Waals surface area contributed by atoms with Crippen molar-refractivity contribution in [2.75, 3.05) is 13.1 Å². The molecule has 0 saturated heterocycles. The van der Waals surface area contributed by atoms with Crippen LogP contribution in [0.25, 0.3) is 0 Å². The van der Waals surface area contributed by atoms with Crippen molar-refractivity contribution in [3.63, 3.8) is 0 Å². The van der Waals surface area contributed by atoms with Crippen LogP contribution < -0.4 is 5.32 Å². The van der Waals surface area contributed by atoms with Crippen LogP contribution >= 0.6 is 0 Å². The highest BCUT2D eigenvalue weighted by atomic mass is 16.4. The first-order chi connectivity index (χ1) is 8.70. The first kappa shape index (κ1) is 15.8. The lowest BCUT2D eigenvalue weighted by Gasteiger charge is -2.34. The minimum absolute atomic E-state index is 0.267. The van der Waals surface area contributed by atoms with Crippen molar-refractivity contribution in [3.05, 3.63) is 0 Å². The highest BCUT2D eigenvalue weighted by Crippen LogP contribution is 2.29. The number of nitrogens with one attached hydrogen (secondary N) is 1. The third kappa shape index (κ3) is 5.09. The topological polar surface area (TPSA) is 69.6 Å². The van der Waals surface area contributed by atoms with E-state index < -0.39 is 11.5 Å². The van der Waals surface area contributed by atoms with Crippen LogP contribution in [0.2, 0.25) is 0 Å².